The Balaban J connectivity index is 1.16. The molecule has 4 aromatic carbocycles. The van der Waals surface area contributed by atoms with Crippen LogP contribution in [-0.4, -0.2) is 69.0 Å². The molecule has 2 saturated heterocycles. The van der Waals surface area contributed by atoms with Crippen LogP contribution in [0.15, 0.2) is 97.2 Å². The first-order valence-corrected chi connectivity index (χ1v) is 24.2. The molecule has 55 heavy (non-hydrogen) atoms. The molecule has 1 aromatic heterocycles. The van der Waals surface area contributed by atoms with Gasteiger partial charge in [0.05, 0.1) is 22.3 Å². The van der Waals surface area contributed by atoms with Crippen LogP contribution in [0.4, 0.5) is 11.4 Å². The van der Waals surface area contributed by atoms with Gasteiger partial charge in [0.1, 0.15) is 19.1 Å². The fourth-order valence-corrected chi connectivity index (χ4v) is 9.55. The molecule has 10 nitrogen and oxygen atoms in total. The van der Waals surface area contributed by atoms with Crippen LogP contribution in [0.2, 0.25) is 35.7 Å². The number of hydrogen-bond donors (Lipinski definition) is 1. The molecule has 2 fully saturated rings. The Kier molecular flexibility index (Phi) is 11.3. The van der Waals surface area contributed by atoms with Gasteiger partial charge in [0.2, 0.25) is 5.91 Å². The number of aromatic amines is 1. The first-order valence-electron chi connectivity index (χ1n) is 18.3. The Morgan fingerprint density at radius 3 is 2.11 bits per heavy atom. The quantitative estimate of drug-likeness (QED) is 0.0994. The predicted molar refractivity (Wildman–Crippen MR) is 222 cm³/mol. The van der Waals surface area contributed by atoms with E-state index in [0.717, 1.165) is 67.5 Å². The zero-order chi connectivity index (χ0) is 38.9. The highest BCUT2D eigenvalue weighted by molar-refractivity contribution is 7.91. The number of nitrogens with one attached hydrogen (secondary N) is 1. The van der Waals surface area contributed by atoms with Crippen LogP contribution in [0.3, 0.4) is 0 Å². The summed E-state index contributed by atoms with van der Waals surface area (Å²) in [5, 5.41) is 1.000. The van der Waals surface area contributed by atoms with Crippen molar-refractivity contribution in [1.82, 2.24) is 14.3 Å². The molecule has 0 radical (unpaired) electrons. The minimum Gasteiger partial charge on any atom is -0.360 e. The van der Waals surface area contributed by atoms with Crippen molar-refractivity contribution in [2.24, 2.45) is 0 Å². The van der Waals surface area contributed by atoms with Crippen molar-refractivity contribution >= 4 is 64.7 Å². The van der Waals surface area contributed by atoms with Crippen LogP contribution in [0.25, 0.3) is 22.4 Å². The van der Waals surface area contributed by atoms with E-state index in [1.54, 1.807) is 30.5 Å². The van der Waals surface area contributed by atoms with E-state index in [2.05, 4.69) is 48.9 Å². The summed E-state index contributed by atoms with van der Waals surface area (Å²) < 4.78 is 34.6. The van der Waals surface area contributed by atoms with Gasteiger partial charge in [-0.1, -0.05) is 91.4 Å². The lowest BCUT2D eigenvalue weighted by molar-refractivity contribution is -0.127. The predicted octanol–water partition coefficient (Wildman–Crippen LogP) is 8.95. The van der Waals surface area contributed by atoms with Crippen LogP contribution < -0.4 is 9.21 Å². The first kappa shape index (κ1) is 38.8. The third kappa shape index (κ3) is 8.53. The van der Waals surface area contributed by atoms with Crippen molar-refractivity contribution < 1.29 is 22.7 Å². The number of piperidine rings is 1. The molecular formula is C41H43Cl2N5O5SSi. The number of amides is 2. The average Bonchev–Trinajstić information content (AvgIpc) is 3.72. The molecule has 3 heterocycles. The average molecular weight is 817 g/mol. The number of benzene rings is 4. The van der Waals surface area contributed by atoms with Crippen molar-refractivity contribution in [2.45, 2.75) is 50.9 Å². The lowest BCUT2D eigenvalue weighted by Crippen LogP contribution is -2.36. The smallest absolute Gasteiger partial charge is 0.331 e. The van der Waals surface area contributed by atoms with Gasteiger partial charge < -0.3 is 14.6 Å². The Labute approximate surface area is 333 Å². The molecule has 2 aliphatic heterocycles. The summed E-state index contributed by atoms with van der Waals surface area (Å²) in [7, 11) is -5.50. The fourth-order valence-electron chi connectivity index (χ4n) is 6.86. The van der Waals surface area contributed by atoms with Crippen LogP contribution in [0.1, 0.15) is 42.1 Å². The third-order valence-corrected chi connectivity index (χ3v) is 14.0. The molecule has 5 aromatic rings. The van der Waals surface area contributed by atoms with Crippen LogP contribution >= 0.6 is 23.2 Å². The number of H-pyrrole nitrogens is 1. The molecule has 0 saturated carbocycles. The van der Waals surface area contributed by atoms with Crippen molar-refractivity contribution in [3.8, 4) is 22.4 Å². The summed E-state index contributed by atoms with van der Waals surface area (Å²) in [6.45, 7) is 7.16. The van der Waals surface area contributed by atoms with Gasteiger partial charge in [-0.05, 0) is 83.6 Å². The maximum Gasteiger partial charge on any atom is 0.331 e. The van der Waals surface area contributed by atoms with Gasteiger partial charge in [0.25, 0.3) is 5.91 Å². The Hall–Kier alpha value is -4.46. The highest BCUT2D eigenvalue weighted by atomic mass is 35.5. The molecule has 1 N–H and O–H groups in total. The molecule has 0 aliphatic carbocycles. The summed E-state index contributed by atoms with van der Waals surface area (Å²) in [6.07, 6.45) is 4.33. The van der Waals surface area contributed by atoms with E-state index >= 15 is 0 Å². The number of anilines is 2. The number of carbonyl (C=O) groups excluding carboxylic acids is 2. The van der Waals surface area contributed by atoms with Crippen molar-refractivity contribution in [2.75, 3.05) is 35.6 Å². The summed E-state index contributed by atoms with van der Waals surface area (Å²) >= 11 is 12.7. The molecule has 1 unspecified atom stereocenters. The number of aromatic nitrogens is 2. The zero-order valence-corrected chi connectivity index (χ0v) is 34.3. The minimum absolute atomic E-state index is 0.164. The molecule has 14 heteroatoms. The van der Waals surface area contributed by atoms with Gasteiger partial charge in [0, 0.05) is 50.1 Å². The maximum absolute atomic E-state index is 13.5. The number of nitrogens with zero attached hydrogens (tertiary/aromatic N) is 4. The third-order valence-electron chi connectivity index (χ3n) is 9.99. The molecule has 2 aliphatic rings. The lowest BCUT2D eigenvalue weighted by atomic mass is 9.89. The summed E-state index contributed by atoms with van der Waals surface area (Å²) in [6, 6.07) is 29.6. The Morgan fingerprint density at radius 1 is 0.836 bits per heavy atom. The van der Waals surface area contributed by atoms with Gasteiger partial charge in [-0.15, -0.1) is 0 Å². The number of hydrogen-bond acceptors (Lipinski definition) is 6. The molecule has 0 bridgehead atoms. The van der Waals surface area contributed by atoms with Gasteiger partial charge in [-0.25, -0.2) is 9.29 Å². The zero-order valence-electron chi connectivity index (χ0n) is 31.0. The Bertz CT molecular complexity index is 2300. The van der Waals surface area contributed by atoms with E-state index in [4.69, 9.17) is 32.9 Å². The topological polar surface area (TPSA) is 116 Å². The number of halogens is 2. The summed E-state index contributed by atoms with van der Waals surface area (Å²) in [4.78, 5) is 35.5. The maximum atomic E-state index is 13.5. The second kappa shape index (κ2) is 16.0. The highest BCUT2D eigenvalue weighted by Crippen LogP contribution is 2.37. The lowest BCUT2D eigenvalue weighted by Gasteiger charge is -2.26. The van der Waals surface area contributed by atoms with Gasteiger partial charge >= 0.3 is 10.2 Å². The van der Waals surface area contributed by atoms with E-state index in [9.17, 15) is 18.0 Å². The van der Waals surface area contributed by atoms with Crippen LogP contribution in [0, 0.1) is 0 Å². The van der Waals surface area contributed by atoms with Gasteiger partial charge in [-0.3, -0.25) is 9.59 Å². The molecule has 1 atom stereocenters. The van der Waals surface area contributed by atoms with Crippen LogP contribution in [-0.2, 0) is 24.5 Å². The standard InChI is InChI=1S/C41H43Cl2N5O5SSi/c1-55(2,3)23-22-53-27-48-39(50)26-47(54(48,51)52)34-18-13-31(14-19-34)40(41-44-25-37(45-41)35-20-15-32(42)24-36(35)43)30-9-7-28(8-10-30)29-11-16-33(17-12-29)46-21-5-4-6-38(46)49/h7-20,24-25,40H,4-6,21-23,26-27H2,1-3H3,(H,44,45). The van der Waals surface area contributed by atoms with Crippen molar-refractivity contribution in [3.63, 3.8) is 0 Å². The van der Waals surface area contributed by atoms with Gasteiger partial charge in [-0.2, -0.15) is 12.7 Å². The summed E-state index contributed by atoms with van der Waals surface area (Å²) in [5.74, 6) is -0.0861. The van der Waals surface area contributed by atoms with E-state index < -0.39 is 24.2 Å². The van der Waals surface area contributed by atoms with Gasteiger partial charge in [0.15, 0.2) is 0 Å². The molecule has 7 rings (SSSR count). The van der Waals surface area contributed by atoms with E-state index in [1.165, 1.54) is 0 Å². The molecule has 2 amide bonds. The Morgan fingerprint density at radius 2 is 1.47 bits per heavy atom. The highest BCUT2D eigenvalue weighted by Gasteiger charge is 2.43. The first-order chi connectivity index (χ1) is 26.3. The monoisotopic (exact) mass is 815 g/mol. The van der Waals surface area contributed by atoms with Crippen molar-refractivity contribution in [1.29, 1.82) is 0 Å². The van der Waals surface area contributed by atoms with E-state index in [-0.39, 0.29) is 25.1 Å². The molecular weight excluding hydrogens is 774 g/mol. The normalized spacial score (nSPS) is 16.6. The second-order valence-corrected chi connectivity index (χ2v) is 23.3. The van der Waals surface area contributed by atoms with Crippen LogP contribution in [0.5, 0.6) is 0 Å². The van der Waals surface area contributed by atoms with E-state index in [1.807, 2.05) is 47.4 Å². The number of imidazole rings is 1. The fraction of sp³-hybridized carbons (Fsp3) is 0.293. The van der Waals surface area contributed by atoms with E-state index in [0.29, 0.717) is 40.3 Å². The summed E-state index contributed by atoms with van der Waals surface area (Å²) in [5.41, 5.74) is 6.49. The minimum atomic E-state index is -4.12. The second-order valence-electron chi connectivity index (χ2n) is 15.1. The SMILES string of the molecule is C[Si](C)(C)CCOCN1C(=O)CN(c2ccc(C(c3ccc(-c4ccc(N5CCCCC5=O)cc4)cc3)c3nc(-c4ccc(Cl)cc4Cl)c[nH]3)cc2)S1(=O)=O. The molecule has 286 valence electrons. The largest absolute Gasteiger partial charge is 0.360 e. The number of carbonyl (C=O) groups is 2. The molecule has 0 spiro atoms. The van der Waals surface area contributed by atoms with Crippen molar-refractivity contribution in [3.05, 3.63) is 124 Å². The number of rotatable bonds is 12. The number of ether oxygens (including phenoxy) is 1.